The summed E-state index contributed by atoms with van der Waals surface area (Å²) in [6, 6.07) is 2.06. The second-order valence-corrected chi connectivity index (χ2v) is 4.54. The molecule has 2 aromatic rings. The van der Waals surface area contributed by atoms with Gasteiger partial charge in [-0.3, -0.25) is 4.68 Å². The van der Waals surface area contributed by atoms with Gasteiger partial charge in [-0.25, -0.2) is 4.98 Å². The minimum atomic E-state index is -0.0346. The van der Waals surface area contributed by atoms with Gasteiger partial charge in [-0.2, -0.15) is 5.10 Å². The minimum Gasteiger partial charge on any atom is -0.322 e. The first-order valence-electron chi connectivity index (χ1n) is 5.37. The predicted octanol–water partition coefficient (Wildman–Crippen LogP) is 1.91. The minimum absolute atomic E-state index is 0.0346. The number of thiazole rings is 1. The highest BCUT2D eigenvalue weighted by atomic mass is 32.1. The van der Waals surface area contributed by atoms with Gasteiger partial charge in [0.2, 0.25) is 0 Å². The second-order valence-electron chi connectivity index (χ2n) is 3.82. The summed E-state index contributed by atoms with van der Waals surface area (Å²) in [5.41, 5.74) is 11.1. The van der Waals surface area contributed by atoms with E-state index >= 15 is 0 Å². The van der Waals surface area contributed by atoms with E-state index in [1.807, 2.05) is 22.5 Å². The van der Waals surface area contributed by atoms with Crippen LogP contribution in [0.2, 0.25) is 0 Å². The van der Waals surface area contributed by atoms with Gasteiger partial charge < -0.3 is 5.73 Å². The van der Waals surface area contributed by atoms with Crippen molar-refractivity contribution >= 4 is 11.3 Å². The van der Waals surface area contributed by atoms with Crippen LogP contribution in [0.5, 0.6) is 0 Å². The summed E-state index contributed by atoms with van der Waals surface area (Å²) in [6.07, 6.45) is 0.790. The molecule has 2 heterocycles. The summed E-state index contributed by atoms with van der Waals surface area (Å²) in [7, 11) is 0. The van der Waals surface area contributed by atoms with Crippen LogP contribution in [0.1, 0.15) is 30.0 Å². The molecule has 2 rings (SSSR count). The van der Waals surface area contributed by atoms with Gasteiger partial charge in [-0.15, -0.1) is 11.3 Å². The molecule has 0 aliphatic rings. The van der Waals surface area contributed by atoms with Crippen molar-refractivity contribution in [1.82, 2.24) is 14.8 Å². The van der Waals surface area contributed by atoms with E-state index in [2.05, 4.69) is 23.1 Å². The number of nitrogens with two attached hydrogens (primary N) is 1. The van der Waals surface area contributed by atoms with Crippen LogP contribution in [-0.4, -0.2) is 14.8 Å². The molecule has 0 amide bonds. The first kappa shape index (κ1) is 11.3. The highest BCUT2D eigenvalue weighted by molar-refractivity contribution is 7.07. The SMILES string of the molecule is CCn1nc(C)cc1CC(N)c1cscn1. The molecular formula is C11H16N4S. The van der Waals surface area contributed by atoms with Gasteiger partial charge in [0.15, 0.2) is 0 Å². The highest BCUT2D eigenvalue weighted by Gasteiger charge is 2.12. The Bertz CT molecular complexity index is 447. The molecule has 0 spiro atoms. The van der Waals surface area contributed by atoms with Crippen molar-refractivity contribution in [2.75, 3.05) is 0 Å². The average Bonchev–Trinajstić information content (AvgIpc) is 2.87. The summed E-state index contributed by atoms with van der Waals surface area (Å²) in [5.74, 6) is 0. The Hall–Kier alpha value is -1.20. The molecule has 0 aliphatic carbocycles. The number of aromatic nitrogens is 3. The fourth-order valence-electron chi connectivity index (χ4n) is 1.77. The van der Waals surface area contributed by atoms with Crippen LogP contribution in [0.4, 0.5) is 0 Å². The predicted molar refractivity (Wildman–Crippen MR) is 65.4 cm³/mol. The zero-order valence-corrected chi connectivity index (χ0v) is 10.4. The molecule has 2 N–H and O–H groups in total. The smallest absolute Gasteiger partial charge is 0.0795 e. The topological polar surface area (TPSA) is 56.7 Å². The highest BCUT2D eigenvalue weighted by Crippen LogP contribution is 2.16. The maximum atomic E-state index is 6.11. The van der Waals surface area contributed by atoms with Crippen LogP contribution in [0.15, 0.2) is 17.0 Å². The molecule has 1 unspecified atom stereocenters. The fraction of sp³-hybridized carbons (Fsp3) is 0.455. The third-order valence-electron chi connectivity index (χ3n) is 2.55. The van der Waals surface area contributed by atoms with E-state index < -0.39 is 0 Å². The van der Waals surface area contributed by atoms with Crippen molar-refractivity contribution in [2.24, 2.45) is 5.73 Å². The van der Waals surface area contributed by atoms with Gasteiger partial charge in [0, 0.05) is 24.0 Å². The Labute approximate surface area is 99.1 Å². The van der Waals surface area contributed by atoms with Gasteiger partial charge in [0.1, 0.15) is 0 Å². The Kier molecular flexibility index (Phi) is 3.36. The third kappa shape index (κ3) is 2.31. The van der Waals surface area contributed by atoms with E-state index in [-0.39, 0.29) is 6.04 Å². The van der Waals surface area contributed by atoms with E-state index in [1.165, 1.54) is 5.69 Å². The summed E-state index contributed by atoms with van der Waals surface area (Å²) >= 11 is 1.58. The first-order valence-corrected chi connectivity index (χ1v) is 6.32. The molecule has 16 heavy (non-hydrogen) atoms. The van der Waals surface area contributed by atoms with E-state index in [0.717, 1.165) is 24.4 Å². The standard InChI is InChI=1S/C11H16N4S/c1-3-15-9(4-8(2)14-15)5-10(12)11-6-16-7-13-11/h4,6-7,10H,3,5,12H2,1-2H3. The molecule has 2 aromatic heterocycles. The van der Waals surface area contributed by atoms with Crippen molar-refractivity contribution in [3.05, 3.63) is 34.0 Å². The van der Waals surface area contributed by atoms with Crippen LogP contribution in [0, 0.1) is 6.92 Å². The molecule has 5 heteroatoms. The molecule has 0 aromatic carbocycles. The quantitative estimate of drug-likeness (QED) is 0.882. The molecule has 0 saturated carbocycles. The molecule has 0 fully saturated rings. The van der Waals surface area contributed by atoms with Gasteiger partial charge in [0.25, 0.3) is 0 Å². The van der Waals surface area contributed by atoms with Crippen LogP contribution in [0.25, 0.3) is 0 Å². The summed E-state index contributed by atoms with van der Waals surface area (Å²) in [5, 5.41) is 6.41. The normalized spacial score (nSPS) is 12.9. The lowest BCUT2D eigenvalue weighted by molar-refractivity contribution is 0.583. The van der Waals surface area contributed by atoms with E-state index in [9.17, 15) is 0 Å². The third-order valence-corrected chi connectivity index (χ3v) is 3.15. The molecule has 1 atom stereocenters. The zero-order chi connectivity index (χ0) is 11.5. The number of hydrogen-bond acceptors (Lipinski definition) is 4. The first-order chi connectivity index (χ1) is 7.70. The molecule has 4 nitrogen and oxygen atoms in total. The molecule has 0 aliphatic heterocycles. The Balaban J connectivity index is 2.14. The zero-order valence-electron chi connectivity index (χ0n) is 9.55. The molecule has 0 radical (unpaired) electrons. The van der Waals surface area contributed by atoms with Crippen molar-refractivity contribution in [3.63, 3.8) is 0 Å². The van der Waals surface area contributed by atoms with Crippen LogP contribution < -0.4 is 5.73 Å². The molecular weight excluding hydrogens is 220 g/mol. The fourth-order valence-corrected chi connectivity index (χ4v) is 2.39. The van der Waals surface area contributed by atoms with Gasteiger partial charge in [-0.05, 0) is 19.9 Å². The number of hydrogen-bond donors (Lipinski definition) is 1. The Morgan fingerprint density at radius 2 is 2.38 bits per heavy atom. The molecule has 0 bridgehead atoms. The second kappa shape index (κ2) is 4.76. The van der Waals surface area contributed by atoms with Crippen LogP contribution in [0.3, 0.4) is 0 Å². The lowest BCUT2D eigenvalue weighted by Gasteiger charge is -2.09. The Morgan fingerprint density at radius 1 is 1.56 bits per heavy atom. The molecule has 86 valence electrons. The number of nitrogens with zero attached hydrogens (tertiary/aromatic N) is 3. The summed E-state index contributed by atoms with van der Waals surface area (Å²) in [6.45, 7) is 4.97. The summed E-state index contributed by atoms with van der Waals surface area (Å²) < 4.78 is 2.00. The lowest BCUT2D eigenvalue weighted by atomic mass is 10.1. The van der Waals surface area contributed by atoms with Gasteiger partial charge >= 0.3 is 0 Å². The van der Waals surface area contributed by atoms with Crippen molar-refractivity contribution in [1.29, 1.82) is 0 Å². The van der Waals surface area contributed by atoms with Crippen molar-refractivity contribution in [3.8, 4) is 0 Å². The van der Waals surface area contributed by atoms with Crippen LogP contribution in [-0.2, 0) is 13.0 Å². The van der Waals surface area contributed by atoms with Crippen molar-refractivity contribution < 1.29 is 0 Å². The van der Waals surface area contributed by atoms with Crippen molar-refractivity contribution in [2.45, 2.75) is 32.9 Å². The monoisotopic (exact) mass is 236 g/mol. The van der Waals surface area contributed by atoms with Crippen LogP contribution >= 0.6 is 11.3 Å². The van der Waals surface area contributed by atoms with E-state index in [4.69, 9.17) is 5.73 Å². The maximum absolute atomic E-state index is 6.11. The van der Waals surface area contributed by atoms with E-state index in [1.54, 1.807) is 11.3 Å². The van der Waals surface area contributed by atoms with E-state index in [0.29, 0.717) is 0 Å². The van der Waals surface area contributed by atoms with Gasteiger partial charge in [0.05, 0.1) is 22.9 Å². The Morgan fingerprint density at radius 3 is 3.00 bits per heavy atom. The average molecular weight is 236 g/mol. The number of aryl methyl sites for hydroxylation is 2. The maximum Gasteiger partial charge on any atom is 0.0795 e. The summed E-state index contributed by atoms with van der Waals surface area (Å²) in [4.78, 5) is 4.24. The van der Waals surface area contributed by atoms with Gasteiger partial charge in [-0.1, -0.05) is 0 Å². The number of rotatable bonds is 4. The lowest BCUT2D eigenvalue weighted by Crippen LogP contribution is -2.16. The largest absolute Gasteiger partial charge is 0.322 e. The molecule has 0 saturated heterocycles.